The van der Waals surface area contributed by atoms with Crippen LogP contribution in [0.2, 0.25) is 10.0 Å². The van der Waals surface area contributed by atoms with Crippen LogP contribution >= 0.6 is 23.2 Å². The van der Waals surface area contributed by atoms with Crippen LogP contribution in [-0.2, 0) is 14.3 Å². The lowest BCUT2D eigenvalue weighted by Crippen LogP contribution is -2.42. The van der Waals surface area contributed by atoms with Crippen LogP contribution in [0.3, 0.4) is 0 Å². The van der Waals surface area contributed by atoms with E-state index in [4.69, 9.17) is 32.7 Å². The quantitative estimate of drug-likeness (QED) is 0.757. The van der Waals surface area contributed by atoms with Gasteiger partial charge in [-0.15, -0.1) is 0 Å². The van der Waals surface area contributed by atoms with Crippen LogP contribution in [0.1, 0.15) is 19.8 Å². The Morgan fingerprint density at radius 3 is 2.52 bits per heavy atom. The minimum absolute atomic E-state index is 0.0674. The van der Waals surface area contributed by atoms with Crippen molar-refractivity contribution >= 4 is 35.1 Å². The van der Waals surface area contributed by atoms with Crippen molar-refractivity contribution in [1.82, 2.24) is 4.90 Å². The largest absolute Gasteiger partial charge is 0.484 e. The lowest BCUT2D eigenvalue weighted by Gasteiger charge is -2.30. The molecule has 1 fully saturated rings. The van der Waals surface area contributed by atoms with Gasteiger partial charge >= 0.3 is 5.97 Å². The van der Waals surface area contributed by atoms with E-state index in [1.54, 1.807) is 30.0 Å². The van der Waals surface area contributed by atoms with Gasteiger partial charge in [-0.3, -0.25) is 9.59 Å². The maximum atomic E-state index is 12.2. The van der Waals surface area contributed by atoms with Crippen LogP contribution < -0.4 is 4.74 Å². The Labute approximate surface area is 145 Å². The molecule has 2 rings (SSSR count). The number of likely N-dealkylation sites (tertiary alicyclic amines) is 1. The smallest absolute Gasteiger partial charge is 0.309 e. The number of hydrogen-bond acceptors (Lipinski definition) is 4. The summed E-state index contributed by atoms with van der Waals surface area (Å²) in [6.07, 6.45) is 1.24. The molecule has 7 heteroatoms. The van der Waals surface area contributed by atoms with Crippen LogP contribution in [0, 0.1) is 5.92 Å². The topological polar surface area (TPSA) is 55.8 Å². The molecule has 0 spiro atoms. The average Bonchev–Trinajstić information content (AvgIpc) is 2.56. The first-order chi connectivity index (χ1) is 11.0. The summed E-state index contributed by atoms with van der Waals surface area (Å²) in [6, 6.07) is 4.85. The number of halogens is 2. The number of benzene rings is 1. The summed E-state index contributed by atoms with van der Waals surface area (Å²) < 4.78 is 10.5. The highest BCUT2D eigenvalue weighted by atomic mass is 35.5. The zero-order chi connectivity index (χ0) is 16.8. The van der Waals surface area contributed by atoms with E-state index < -0.39 is 0 Å². The van der Waals surface area contributed by atoms with E-state index >= 15 is 0 Å². The van der Waals surface area contributed by atoms with Crippen molar-refractivity contribution in [2.75, 3.05) is 26.3 Å². The molecule has 1 amide bonds. The average molecular weight is 360 g/mol. The lowest BCUT2D eigenvalue weighted by molar-refractivity contribution is -0.151. The van der Waals surface area contributed by atoms with Crippen molar-refractivity contribution < 1.29 is 19.1 Å². The van der Waals surface area contributed by atoms with Crippen molar-refractivity contribution in [3.63, 3.8) is 0 Å². The summed E-state index contributed by atoms with van der Waals surface area (Å²) >= 11 is 11.7. The van der Waals surface area contributed by atoms with Gasteiger partial charge in [-0.25, -0.2) is 0 Å². The zero-order valence-corrected chi connectivity index (χ0v) is 14.4. The molecular formula is C16H19Cl2NO4. The first-order valence-corrected chi connectivity index (χ1v) is 8.29. The second kappa shape index (κ2) is 8.41. The number of rotatable bonds is 5. The Bertz CT molecular complexity index is 571. The minimum Gasteiger partial charge on any atom is -0.484 e. The predicted octanol–water partition coefficient (Wildman–Crippen LogP) is 3.17. The molecule has 0 unspecified atom stereocenters. The summed E-state index contributed by atoms with van der Waals surface area (Å²) in [6.45, 7) is 3.18. The fourth-order valence-corrected chi connectivity index (χ4v) is 2.72. The molecule has 23 heavy (non-hydrogen) atoms. The fourth-order valence-electron chi connectivity index (χ4n) is 2.43. The van der Waals surface area contributed by atoms with E-state index in [0.29, 0.717) is 48.3 Å². The normalized spacial score (nSPS) is 15.3. The lowest BCUT2D eigenvalue weighted by atomic mass is 9.97. The molecular weight excluding hydrogens is 341 g/mol. The first-order valence-electron chi connectivity index (χ1n) is 7.53. The van der Waals surface area contributed by atoms with Gasteiger partial charge in [0.15, 0.2) is 6.61 Å². The predicted molar refractivity (Wildman–Crippen MR) is 87.9 cm³/mol. The molecule has 1 aliphatic heterocycles. The summed E-state index contributed by atoms with van der Waals surface area (Å²) in [5.41, 5.74) is 0. The molecule has 0 saturated carbocycles. The summed E-state index contributed by atoms with van der Waals surface area (Å²) in [5, 5.41) is 0.818. The molecule has 5 nitrogen and oxygen atoms in total. The third kappa shape index (κ3) is 5.01. The second-order valence-corrected chi connectivity index (χ2v) is 6.09. The fraction of sp³-hybridized carbons (Fsp3) is 0.500. The van der Waals surface area contributed by atoms with Gasteiger partial charge in [-0.05, 0) is 31.9 Å². The maximum absolute atomic E-state index is 12.2. The first kappa shape index (κ1) is 17.9. The Hall–Kier alpha value is -1.46. The van der Waals surface area contributed by atoms with Crippen LogP contribution in [0.4, 0.5) is 0 Å². The number of piperidine rings is 1. The minimum atomic E-state index is -0.174. The number of amides is 1. The van der Waals surface area contributed by atoms with Gasteiger partial charge in [-0.1, -0.05) is 23.2 Å². The highest BCUT2D eigenvalue weighted by molar-refractivity contribution is 6.42. The summed E-state index contributed by atoms with van der Waals surface area (Å²) in [4.78, 5) is 25.5. The van der Waals surface area contributed by atoms with Crippen molar-refractivity contribution in [2.24, 2.45) is 5.92 Å². The Morgan fingerprint density at radius 1 is 1.22 bits per heavy atom. The summed E-state index contributed by atoms with van der Waals surface area (Å²) in [7, 11) is 0. The number of esters is 1. The Kier molecular flexibility index (Phi) is 6.54. The van der Waals surface area contributed by atoms with Gasteiger partial charge in [0, 0.05) is 19.2 Å². The van der Waals surface area contributed by atoms with Crippen LogP contribution in [0.15, 0.2) is 18.2 Å². The molecule has 0 radical (unpaired) electrons. The van der Waals surface area contributed by atoms with Crippen molar-refractivity contribution in [3.05, 3.63) is 28.2 Å². The number of ether oxygens (including phenoxy) is 2. The number of carbonyl (C=O) groups is 2. The maximum Gasteiger partial charge on any atom is 0.309 e. The standard InChI is InChI=1S/C16H19Cl2NO4/c1-2-22-16(21)11-5-7-19(8-6-11)15(20)10-23-12-3-4-13(17)14(18)9-12/h3-4,9,11H,2,5-8,10H2,1H3. The molecule has 0 aromatic heterocycles. The van der Waals surface area contributed by atoms with E-state index in [2.05, 4.69) is 0 Å². The third-order valence-corrected chi connectivity index (χ3v) is 4.46. The van der Waals surface area contributed by atoms with Crippen molar-refractivity contribution in [1.29, 1.82) is 0 Å². The molecule has 1 aromatic rings. The Morgan fingerprint density at radius 2 is 1.91 bits per heavy atom. The number of carbonyl (C=O) groups excluding carboxylic acids is 2. The molecule has 1 heterocycles. The van der Waals surface area contributed by atoms with E-state index in [1.165, 1.54) is 0 Å². The highest BCUT2D eigenvalue weighted by Gasteiger charge is 2.28. The number of nitrogens with zero attached hydrogens (tertiary/aromatic N) is 1. The molecule has 0 aliphatic carbocycles. The molecule has 0 atom stereocenters. The Balaban J connectivity index is 1.79. The van der Waals surface area contributed by atoms with Gasteiger partial charge in [0.05, 0.1) is 22.6 Å². The van der Waals surface area contributed by atoms with Crippen LogP contribution in [0.5, 0.6) is 5.75 Å². The van der Waals surface area contributed by atoms with Crippen LogP contribution in [-0.4, -0.2) is 43.1 Å². The van der Waals surface area contributed by atoms with Gasteiger partial charge in [-0.2, -0.15) is 0 Å². The third-order valence-electron chi connectivity index (χ3n) is 3.72. The van der Waals surface area contributed by atoms with E-state index in [9.17, 15) is 9.59 Å². The van der Waals surface area contributed by atoms with Gasteiger partial charge in [0.2, 0.25) is 0 Å². The van der Waals surface area contributed by atoms with Gasteiger partial charge in [0.1, 0.15) is 5.75 Å². The molecule has 126 valence electrons. The van der Waals surface area contributed by atoms with E-state index in [-0.39, 0.29) is 24.4 Å². The van der Waals surface area contributed by atoms with Gasteiger partial charge < -0.3 is 14.4 Å². The van der Waals surface area contributed by atoms with Gasteiger partial charge in [0.25, 0.3) is 5.91 Å². The molecule has 1 saturated heterocycles. The van der Waals surface area contributed by atoms with Crippen molar-refractivity contribution in [3.8, 4) is 5.75 Å². The monoisotopic (exact) mass is 359 g/mol. The second-order valence-electron chi connectivity index (χ2n) is 5.27. The van der Waals surface area contributed by atoms with E-state index in [0.717, 1.165) is 0 Å². The zero-order valence-electron chi connectivity index (χ0n) is 12.9. The number of hydrogen-bond donors (Lipinski definition) is 0. The molecule has 0 bridgehead atoms. The molecule has 1 aliphatic rings. The summed E-state index contributed by atoms with van der Waals surface area (Å²) in [5.74, 6) is 0.0918. The SMILES string of the molecule is CCOC(=O)C1CCN(C(=O)COc2ccc(Cl)c(Cl)c2)CC1. The molecule has 0 N–H and O–H groups in total. The van der Waals surface area contributed by atoms with E-state index in [1.807, 2.05) is 0 Å². The van der Waals surface area contributed by atoms with Crippen LogP contribution in [0.25, 0.3) is 0 Å². The highest BCUT2D eigenvalue weighted by Crippen LogP contribution is 2.26. The van der Waals surface area contributed by atoms with Crippen molar-refractivity contribution in [2.45, 2.75) is 19.8 Å². The molecule has 1 aromatic carbocycles.